The van der Waals surface area contributed by atoms with Gasteiger partial charge in [0.05, 0.1) is 17.8 Å². The first-order valence-corrected chi connectivity index (χ1v) is 9.13. The zero-order valence-corrected chi connectivity index (χ0v) is 16.3. The van der Waals surface area contributed by atoms with Gasteiger partial charge >= 0.3 is 0 Å². The number of aromatic hydroxyl groups is 1. The summed E-state index contributed by atoms with van der Waals surface area (Å²) >= 11 is 0. The van der Waals surface area contributed by atoms with Crippen molar-refractivity contribution >= 4 is 0 Å². The molecule has 0 unspecified atom stereocenters. The summed E-state index contributed by atoms with van der Waals surface area (Å²) in [7, 11) is 0. The normalized spacial score (nSPS) is 10.8. The highest BCUT2D eigenvalue weighted by atomic mass is 16.4. The van der Waals surface area contributed by atoms with E-state index in [9.17, 15) is 5.11 Å². The predicted octanol–water partition coefficient (Wildman–Crippen LogP) is 4.15. The van der Waals surface area contributed by atoms with Crippen LogP contribution in [0.25, 0.3) is 22.6 Å². The van der Waals surface area contributed by atoms with Crippen molar-refractivity contribution in [3.63, 3.8) is 0 Å². The maximum Gasteiger partial charge on any atom is 0.247 e. The molecule has 1 N–H and O–H groups in total. The third-order valence-electron chi connectivity index (χ3n) is 4.85. The van der Waals surface area contributed by atoms with Gasteiger partial charge in [-0.1, -0.05) is 18.2 Å². The van der Waals surface area contributed by atoms with E-state index in [1.807, 2.05) is 54.9 Å². The number of aryl methyl sites for hydroxylation is 2. The Morgan fingerprint density at radius 1 is 1.03 bits per heavy atom. The Morgan fingerprint density at radius 3 is 2.38 bits per heavy atom. The van der Waals surface area contributed by atoms with Crippen molar-refractivity contribution in [1.82, 2.24) is 20.0 Å². The molecular formula is C22H19N5O2. The molecule has 144 valence electrons. The summed E-state index contributed by atoms with van der Waals surface area (Å²) < 4.78 is 7.40. The van der Waals surface area contributed by atoms with Gasteiger partial charge in [0.1, 0.15) is 11.8 Å². The molecule has 0 fully saturated rings. The first-order valence-electron chi connectivity index (χ1n) is 9.13. The van der Waals surface area contributed by atoms with E-state index in [0.29, 0.717) is 18.3 Å². The summed E-state index contributed by atoms with van der Waals surface area (Å²) in [5.74, 6) is 1.01. The van der Waals surface area contributed by atoms with Gasteiger partial charge in [0.25, 0.3) is 0 Å². The monoisotopic (exact) mass is 385 g/mol. The molecule has 7 heteroatoms. The molecule has 0 saturated carbocycles. The second-order valence-corrected chi connectivity index (χ2v) is 6.87. The molecule has 0 aliphatic rings. The molecule has 7 nitrogen and oxygen atoms in total. The Labute approximate surface area is 167 Å². The van der Waals surface area contributed by atoms with Gasteiger partial charge in [0.15, 0.2) is 0 Å². The smallest absolute Gasteiger partial charge is 0.247 e. The van der Waals surface area contributed by atoms with Crippen molar-refractivity contribution in [3.8, 4) is 34.4 Å². The highest BCUT2D eigenvalue weighted by molar-refractivity contribution is 5.71. The summed E-state index contributed by atoms with van der Waals surface area (Å²) in [5.41, 5.74) is 5.87. The van der Waals surface area contributed by atoms with Gasteiger partial charge in [-0.25, -0.2) is 0 Å². The minimum absolute atomic E-state index is 0.0246. The summed E-state index contributed by atoms with van der Waals surface area (Å²) in [5, 5.41) is 31.6. The van der Waals surface area contributed by atoms with E-state index in [1.165, 1.54) is 0 Å². The maximum atomic E-state index is 10.0. The molecule has 4 aromatic rings. The van der Waals surface area contributed by atoms with Gasteiger partial charge in [-0.3, -0.25) is 4.68 Å². The lowest BCUT2D eigenvalue weighted by Crippen LogP contribution is -2.04. The molecule has 29 heavy (non-hydrogen) atoms. The molecule has 2 aromatic carbocycles. The van der Waals surface area contributed by atoms with Crippen LogP contribution in [-0.2, 0) is 6.54 Å². The molecule has 0 amide bonds. The fraction of sp³-hybridized carbons (Fsp3) is 0.182. The molecule has 0 spiro atoms. The molecule has 2 heterocycles. The molecule has 0 bridgehead atoms. The Balaban J connectivity index is 1.61. The van der Waals surface area contributed by atoms with Crippen molar-refractivity contribution in [3.05, 3.63) is 70.9 Å². The van der Waals surface area contributed by atoms with Crippen molar-refractivity contribution in [1.29, 1.82) is 5.26 Å². The van der Waals surface area contributed by atoms with Crippen LogP contribution in [0.3, 0.4) is 0 Å². The minimum Gasteiger partial charge on any atom is -0.507 e. The van der Waals surface area contributed by atoms with E-state index >= 15 is 0 Å². The Morgan fingerprint density at radius 2 is 1.76 bits per heavy atom. The number of nitrogens with zero attached hydrogens (tertiary/aromatic N) is 5. The van der Waals surface area contributed by atoms with Crippen LogP contribution < -0.4 is 0 Å². The van der Waals surface area contributed by atoms with E-state index in [2.05, 4.69) is 15.3 Å². The van der Waals surface area contributed by atoms with Crippen LogP contribution in [0.1, 0.15) is 28.4 Å². The summed E-state index contributed by atoms with van der Waals surface area (Å²) in [6.45, 7) is 6.31. The van der Waals surface area contributed by atoms with Gasteiger partial charge in [0.2, 0.25) is 11.8 Å². The van der Waals surface area contributed by atoms with E-state index < -0.39 is 0 Å². The SMILES string of the molecule is Cc1nnc(-c2ccc(Cn3nc(C)c(-c4ccc(C#N)c(O)c4)c3C)cc2)o1. The van der Waals surface area contributed by atoms with Gasteiger partial charge in [-0.15, -0.1) is 10.2 Å². The molecule has 2 aromatic heterocycles. The highest BCUT2D eigenvalue weighted by Crippen LogP contribution is 2.31. The lowest BCUT2D eigenvalue weighted by atomic mass is 10.0. The number of hydrogen-bond donors (Lipinski definition) is 1. The van der Waals surface area contributed by atoms with Crippen molar-refractivity contribution in [2.24, 2.45) is 0 Å². The maximum absolute atomic E-state index is 10.0. The van der Waals surface area contributed by atoms with Crippen LogP contribution in [-0.4, -0.2) is 25.1 Å². The molecule has 0 atom stereocenters. The summed E-state index contributed by atoms with van der Waals surface area (Å²) in [4.78, 5) is 0. The number of phenolic OH excluding ortho intramolecular Hbond substituents is 1. The van der Waals surface area contributed by atoms with E-state index in [4.69, 9.17) is 9.68 Å². The average Bonchev–Trinajstić information content (AvgIpc) is 3.25. The Hall–Kier alpha value is -3.92. The van der Waals surface area contributed by atoms with E-state index in [0.717, 1.165) is 33.6 Å². The molecule has 0 aliphatic carbocycles. The first kappa shape index (κ1) is 18.4. The second kappa shape index (κ2) is 7.24. The van der Waals surface area contributed by atoms with E-state index in [-0.39, 0.29) is 11.3 Å². The Bertz CT molecular complexity index is 1230. The molecule has 0 saturated heterocycles. The van der Waals surface area contributed by atoms with Crippen LogP contribution in [0.5, 0.6) is 5.75 Å². The number of phenols is 1. The fourth-order valence-corrected chi connectivity index (χ4v) is 3.39. The quantitative estimate of drug-likeness (QED) is 0.566. The third kappa shape index (κ3) is 3.48. The second-order valence-electron chi connectivity index (χ2n) is 6.87. The first-order chi connectivity index (χ1) is 14.0. The summed E-state index contributed by atoms with van der Waals surface area (Å²) in [6, 6.07) is 15.0. The number of rotatable bonds is 4. The van der Waals surface area contributed by atoms with Gasteiger partial charge in [0, 0.05) is 23.7 Å². The van der Waals surface area contributed by atoms with Gasteiger partial charge < -0.3 is 9.52 Å². The predicted molar refractivity (Wildman–Crippen MR) is 107 cm³/mol. The third-order valence-corrected chi connectivity index (χ3v) is 4.85. The minimum atomic E-state index is -0.0246. The van der Waals surface area contributed by atoms with Crippen LogP contribution in [0.15, 0.2) is 46.9 Å². The standard InChI is InChI=1S/C22H19N5O2/c1-13-21(18-8-9-19(11-23)20(28)10-18)14(2)27(26-13)12-16-4-6-17(7-5-16)22-25-24-15(3)29-22/h4-10,28H,12H2,1-3H3. The molecule has 0 radical (unpaired) electrons. The number of benzene rings is 2. The van der Waals surface area contributed by atoms with Crippen molar-refractivity contribution < 1.29 is 9.52 Å². The molecule has 4 rings (SSSR count). The number of nitriles is 1. The topological polar surface area (TPSA) is 101 Å². The average molecular weight is 385 g/mol. The number of hydrogen-bond acceptors (Lipinski definition) is 6. The lowest BCUT2D eigenvalue weighted by molar-refractivity contribution is 0.474. The molecular weight excluding hydrogens is 366 g/mol. The van der Waals surface area contributed by atoms with Crippen molar-refractivity contribution in [2.45, 2.75) is 27.3 Å². The van der Waals surface area contributed by atoms with Crippen molar-refractivity contribution in [2.75, 3.05) is 0 Å². The lowest BCUT2D eigenvalue weighted by Gasteiger charge is -2.07. The van der Waals surface area contributed by atoms with Crippen LogP contribution in [0, 0.1) is 32.1 Å². The molecule has 0 aliphatic heterocycles. The van der Waals surface area contributed by atoms with Crippen LogP contribution >= 0.6 is 0 Å². The zero-order valence-electron chi connectivity index (χ0n) is 16.3. The Kier molecular flexibility index (Phi) is 4.61. The zero-order chi connectivity index (χ0) is 20.5. The summed E-state index contributed by atoms with van der Waals surface area (Å²) in [6.07, 6.45) is 0. The van der Waals surface area contributed by atoms with E-state index in [1.54, 1.807) is 19.1 Å². The van der Waals surface area contributed by atoms with Crippen LogP contribution in [0.2, 0.25) is 0 Å². The highest BCUT2D eigenvalue weighted by Gasteiger charge is 2.15. The van der Waals surface area contributed by atoms with Gasteiger partial charge in [-0.2, -0.15) is 10.4 Å². The fourth-order valence-electron chi connectivity index (χ4n) is 3.39. The number of aromatic nitrogens is 4. The largest absolute Gasteiger partial charge is 0.507 e. The van der Waals surface area contributed by atoms with Crippen LogP contribution in [0.4, 0.5) is 0 Å². The van der Waals surface area contributed by atoms with Gasteiger partial charge in [-0.05, 0) is 49.2 Å².